The first-order chi connectivity index (χ1) is 10.0. The van der Waals surface area contributed by atoms with Crippen LogP contribution in [0.5, 0.6) is 0 Å². The Morgan fingerprint density at radius 2 is 1.90 bits per heavy atom. The molecule has 2 rings (SSSR count). The maximum atomic E-state index is 10.8. The van der Waals surface area contributed by atoms with Crippen molar-refractivity contribution < 1.29 is 5.11 Å². The van der Waals surface area contributed by atoms with E-state index in [0.29, 0.717) is 6.04 Å². The van der Waals surface area contributed by atoms with Crippen LogP contribution in [-0.4, -0.2) is 29.1 Å². The molecule has 2 nitrogen and oxygen atoms in total. The van der Waals surface area contributed by atoms with Gasteiger partial charge in [0.05, 0.1) is 6.10 Å². The summed E-state index contributed by atoms with van der Waals surface area (Å²) in [5.41, 5.74) is 0.907. The molecule has 0 bridgehead atoms. The molecule has 2 atom stereocenters. The maximum absolute atomic E-state index is 10.8. The molecule has 0 spiro atoms. The van der Waals surface area contributed by atoms with E-state index >= 15 is 0 Å². The Morgan fingerprint density at radius 3 is 2.57 bits per heavy atom. The highest BCUT2D eigenvalue weighted by atomic mass is 16.3. The summed E-state index contributed by atoms with van der Waals surface area (Å²) in [7, 11) is 0. The fourth-order valence-electron chi connectivity index (χ4n) is 3.60. The molecule has 1 aliphatic heterocycles. The predicted octanol–water partition coefficient (Wildman–Crippen LogP) is 4.40. The summed E-state index contributed by atoms with van der Waals surface area (Å²) in [6.45, 7) is 8.85. The quantitative estimate of drug-likeness (QED) is 0.868. The average molecular weight is 289 g/mol. The van der Waals surface area contributed by atoms with E-state index in [4.69, 9.17) is 0 Å². The topological polar surface area (TPSA) is 23.5 Å². The summed E-state index contributed by atoms with van der Waals surface area (Å²) in [6.07, 6.45) is 6.14. The zero-order chi connectivity index (χ0) is 15.3. The van der Waals surface area contributed by atoms with Crippen molar-refractivity contribution in [2.45, 2.75) is 65.0 Å². The minimum Gasteiger partial charge on any atom is -0.388 e. The molecule has 2 unspecified atom stereocenters. The van der Waals surface area contributed by atoms with Gasteiger partial charge in [0.25, 0.3) is 0 Å². The van der Waals surface area contributed by atoms with Gasteiger partial charge in [0.1, 0.15) is 0 Å². The van der Waals surface area contributed by atoms with Crippen LogP contribution in [0.4, 0.5) is 0 Å². The van der Waals surface area contributed by atoms with E-state index in [9.17, 15) is 5.11 Å². The second-order valence-electron chi connectivity index (χ2n) is 7.18. The zero-order valence-corrected chi connectivity index (χ0v) is 13.9. The van der Waals surface area contributed by atoms with Crippen molar-refractivity contribution in [3.8, 4) is 0 Å². The number of hydrogen-bond donors (Lipinski definition) is 1. The van der Waals surface area contributed by atoms with Crippen LogP contribution in [0, 0.1) is 5.41 Å². The molecule has 1 aliphatic rings. The smallest absolute Gasteiger partial charge is 0.0853 e. The lowest BCUT2D eigenvalue weighted by Gasteiger charge is -2.39. The van der Waals surface area contributed by atoms with Gasteiger partial charge in [-0.15, -0.1) is 0 Å². The second kappa shape index (κ2) is 7.42. The molecule has 1 aromatic carbocycles. The molecule has 21 heavy (non-hydrogen) atoms. The molecule has 0 saturated carbocycles. The number of aliphatic hydroxyl groups is 1. The lowest BCUT2D eigenvalue weighted by Crippen LogP contribution is -2.43. The normalized spacial score (nSPS) is 22.8. The molecule has 1 aromatic rings. The summed E-state index contributed by atoms with van der Waals surface area (Å²) >= 11 is 0. The first kappa shape index (κ1) is 16.5. The van der Waals surface area contributed by atoms with Crippen LogP contribution in [0.2, 0.25) is 0 Å². The molecule has 0 radical (unpaired) electrons. The van der Waals surface area contributed by atoms with E-state index in [1.165, 1.54) is 38.6 Å². The molecule has 2 heteroatoms. The highest BCUT2D eigenvalue weighted by Crippen LogP contribution is 2.35. The molecule has 1 N–H and O–H groups in total. The van der Waals surface area contributed by atoms with Gasteiger partial charge in [-0.2, -0.15) is 0 Å². The van der Waals surface area contributed by atoms with Crippen molar-refractivity contribution >= 4 is 0 Å². The monoisotopic (exact) mass is 289 g/mol. The van der Waals surface area contributed by atoms with Gasteiger partial charge < -0.3 is 5.11 Å². The summed E-state index contributed by atoms with van der Waals surface area (Å²) in [5, 5.41) is 10.8. The number of nitrogens with zero attached hydrogens (tertiary/aromatic N) is 1. The van der Waals surface area contributed by atoms with Crippen LogP contribution in [0.15, 0.2) is 30.3 Å². The van der Waals surface area contributed by atoms with E-state index < -0.39 is 6.10 Å². The zero-order valence-electron chi connectivity index (χ0n) is 13.9. The van der Waals surface area contributed by atoms with Crippen molar-refractivity contribution in [2.75, 3.05) is 13.1 Å². The highest BCUT2D eigenvalue weighted by molar-refractivity contribution is 5.19. The molecular formula is C19H31NO. The lowest BCUT2D eigenvalue weighted by molar-refractivity contribution is 0.00907. The Kier molecular flexibility index (Phi) is 5.83. The van der Waals surface area contributed by atoms with Crippen molar-refractivity contribution in [3.05, 3.63) is 35.9 Å². The molecule has 0 aromatic heterocycles. The Hall–Kier alpha value is -0.860. The van der Waals surface area contributed by atoms with Gasteiger partial charge in [-0.1, -0.05) is 63.9 Å². The van der Waals surface area contributed by atoms with E-state index in [1.807, 2.05) is 30.3 Å². The van der Waals surface area contributed by atoms with Crippen LogP contribution in [-0.2, 0) is 0 Å². The van der Waals surface area contributed by atoms with E-state index in [1.54, 1.807) is 0 Å². The Labute approximate surface area is 130 Å². The van der Waals surface area contributed by atoms with Crippen LogP contribution < -0.4 is 0 Å². The minimum absolute atomic E-state index is 0.126. The minimum atomic E-state index is -0.403. The summed E-state index contributed by atoms with van der Waals surface area (Å²) in [5.74, 6) is 0. The van der Waals surface area contributed by atoms with Crippen LogP contribution in [0.25, 0.3) is 0 Å². The number of aliphatic hydroxyl groups excluding tert-OH is 1. The number of rotatable bonds is 5. The molecule has 1 heterocycles. The lowest BCUT2D eigenvalue weighted by atomic mass is 9.81. The summed E-state index contributed by atoms with van der Waals surface area (Å²) in [6, 6.07) is 10.8. The fourth-order valence-corrected chi connectivity index (χ4v) is 3.60. The van der Waals surface area contributed by atoms with Gasteiger partial charge in [0, 0.05) is 18.0 Å². The van der Waals surface area contributed by atoms with Crippen LogP contribution in [0.3, 0.4) is 0 Å². The largest absolute Gasteiger partial charge is 0.388 e. The third-order valence-electron chi connectivity index (χ3n) is 4.94. The first-order valence-corrected chi connectivity index (χ1v) is 8.51. The summed E-state index contributed by atoms with van der Waals surface area (Å²) in [4.78, 5) is 2.62. The highest BCUT2D eigenvalue weighted by Gasteiger charge is 2.33. The molecule has 118 valence electrons. The molecule has 0 amide bonds. The number of hydrogen-bond acceptors (Lipinski definition) is 2. The summed E-state index contributed by atoms with van der Waals surface area (Å²) < 4.78 is 0. The third-order valence-corrected chi connectivity index (χ3v) is 4.94. The Bertz CT molecular complexity index is 415. The predicted molar refractivity (Wildman–Crippen MR) is 89.3 cm³/mol. The standard InChI is InChI=1S/C19H31NO/c1-4-17-13-9-6-10-14-20(17)15-19(2,3)18(21)16-11-7-5-8-12-16/h5,7-8,11-12,17-18,21H,4,6,9-10,13-15H2,1-3H3. The number of likely N-dealkylation sites (tertiary alicyclic amines) is 1. The fraction of sp³-hybridized carbons (Fsp3) is 0.684. The molecule has 1 saturated heterocycles. The first-order valence-electron chi connectivity index (χ1n) is 8.51. The van der Waals surface area contributed by atoms with E-state index in [0.717, 1.165) is 12.1 Å². The Balaban J connectivity index is 2.07. The number of benzene rings is 1. The third kappa shape index (κ3) is 4.31. The molecule has 0 aliphatic carbocycles. The van der Waals surface area contributed by atoms with E-state index in [-0.39, 0.29) is 5.41 Å². The van der Waals surface area contributed by atoms with Gasteiger partial charge in [-0.25, -0.2) is 0 Å². The van der Waals surface area contributed by atoms with Crippen molar-refractivity contribution in [3.63, 3.8) is 0 Å². The average Bonchev–Trinajstić information content (AvgIpc) is 2.71. The molecule has 1 fully saturated rings. The van der Waals surface area contributed by atoms with Gasteiger partial charge >= 0.3 is 0 Å². The van der Waals surface area contributed by atoms with Crippen molar-refractivity contribution in [1.29, 1.82) is 0 Å². The van der Waals surface area contributed by atoms with Gasteiger partial charge in [0.2, 0.25) is 0 Å². The van der Waals surface area contributed by atoms with Crippen LogP contribution >= 0.6 is 0 Å². The van der Waals surface area contributed by atoms with Gasteiger partial charge in [0.15, 0.2) is 0 Å². The van der Waals surface area contributed by atoms with Gasteiger partial charge in [-0.3, -0.25) is 4.90 Å². The Morgan fingerprint density at radius 1 is 1.19 bits per heavy atom. The second-order valence-corrected chi connectivity index (χ2v) is 7.18. The van der Waals surface area contributed by atoms with E-state index in [2.05, 4.69) is 25.7 Å². The van der Waals surface area contributed by atoms with Gasteiger partial charge in [-0.05, 0) is 31.4 Å². The maximum Gasteiger partial charge on any atom is 0.0853 e. The molecular weight excluding hydrogens is 258 g/mol. The van der Waals surface area contributed by atoms with Crippen molar-refractivity contribution in [1.82, 2.24) is 4.90 Å². The van der Waals surface area contributed by atoms with Crippen LogP contribution in [0.1, 0.15) is 64.5 Å². The SMILES string of the molecule is CCC1CCCCCN1CC(C)(C)C(O)c1ccccc1. The van der Waals surface area contributed by atoms with Crippen molar-refractivity contribution in [2.24, 2.45) is 5.41 Å².